The van der Waals surface area contributed by atoms with Gasteiger partial charge in [-0.05, 0) is 71.5 Å². The summed E-state index contributed by atoms with van der Waals surface area (Å²) in [4.78, 5) is 30.0. The number of benzene rings is 3. The summed E-state index contributed by atoms with van der Waals surface area (Å²) in [6.45, 7) is 2.05. The lowest BCUT2D eigenvalue weighted by Gasteiger charge is -2.21. The van der Waals surface area contributed by atoms with Gasteiger partial charge >= 0.3 is 0 Å². The number of amides is 1. The Balaban J connectivity index is 1.49. The number of carbonyl (C=O) groups is 2. The second kappa shape index (κ2) is 11.1. The van der Waals surface area contributed by atoms with E-state index in [0.29, 0.717) is 23.2 Å². The van der Waals surface area contributed by atoms with Crippen molar-refractivity contribution in [3.05, 3.63) is 130 Å². The fraction of sp³-hybridized carbons (Fsp3) is 0.182. The van der Waals surface area contributed by atoms with Crippen LogP contribution >= 0.6 is 0 Å². The molecule has 0 saturated carbocycles. The van der Waals surface area contributed by atoms with E-state index in [0.717, 1.165) is 33.9 Å². The van der Waals surface area contributed by atoms with Gasteiger partial charge in [-0.15, -0.1) is 0 Å². The number of Topliss-reactive ketones (excluding diaryl/α,β-unsaturated/α-hetero) is 1. The highest BCUT2D eigenvalue weighted by molar-refractivity contribution is 5.94. The zero-order chi connectivity index (χ0) is 27.5. The molecule has 4 aromatic rings. The smallest absolute Gasteiger partial charge is 0.248 e. The van der Waals surface area contributed by atoms with Gasteiger partial charge in [0.15, 0.2) is 0 Å². The van der Waals surface area contributed by atoms with Crippen molar-refractivity contribution >= 4 is 17.8 Å². The van der Waals surface area contributed by atoms with Crippen LogP contribution in [0.25, 0.3) is 17.2 Å². The van der Waals surface area contributed by atoms with Gasteiger partial charge in [-0.25, -0.2) is 8.78 Å². The standard InChI is InChI=1S/C33H28F2N2O2/c1-20-5-2-6-22-10-11-24(31(20)22)17-29(38)18-26(13-21-14-27(34)19-28(35)15-21)32-30(9-4-12-37-32)23-7-3-8-25(16-23)33(36)39/h2-12,14-16,19,24,26H,13,17-18H2,1H3,(H2,36,39)/t24?,26-/m1/s1. The van der Waals surface area contributed by atoms with Crippen LogP contribution in [-0.4, -0.2) is 16.7 Å². The van der Waals surface area contributed by atoms with Crippen LogP contribution in [0.3, 0.4) is 0 Å². The van der Waals surface area contributed by atoms with Crippen molar-refractivity contribution in [1.29, 1.82) is 0 Å². The molecule has 1 unspecified atom stereocenters. The van der Waals surface area contributed by atoms with E-state index < -0.39 is 23.5 Å². The largest absolute Gasteiger partial charge is 0.366 e. The van der Waals surface area contributed by atoms with Crippen LogP contribution in [0.5, 0.6) is 0 Å². The topological polar surface area (TPSA) is 73.1 Å². The normalized spacial score (nSPS) is 14.7. The van der Waals surface area contributed by atoms with E-state index in [4.69, 9.17) is 5.73 Å². The lowest BCUT2D eigenvalue weighted by atomic mass is 9.84. The third-order valence-corrected chi connectivity index (χ3v) is 7.25. The maximum absolute atomic E-state index is 14.1. The first-order valence-corrected chi connectivity index (χ1v) is 12.9. The highest BCUT2D eigenvalue weighted by Gasteiger charge is 2.26. The van der Waals surface area contributed by atoms with Gasteiger partial charge < -0.3 is 5.73 Å². The fourth-order valence-electron chi connectivity index (χ4n) is 5.55. The Hall–Kier alpha value is -4.45. The number of fused-ring (bicyclic) bond motifs is 1. The van der Waals surface area contributed by atoms with Crippen molar-refractivity contribution < 1.29 is 18.4 Å². The van der Waals surface area contributed by atoms with Crippen molar-refractivity contribution in [3.63, 3.8) is 0 Å². The minimum atomic E-state index is -0.673. The number of hydrogen-bond donors (Lipinski definition) is 1. The van der Waals surface area contributed by atoms with Crippen molar-refractivity contribution in [2.45, 2.75) is 38.0 Å². The molecule has 1 aliphatic rings. The van der Waals surface area contributed by atoms with Crippen LogP contribution < -0.4 is 5.73 Å². The molecule has 2 N–H and O–H groups in total. The number of allylic oxidation sites excluding steroid dienone is 1. The summed E-state index contributed by atoms with van der Waals surface area (Å²) < 4.78 is 28.2. The zero-order valence-corrected chi connectivity index (χ0v) is 21.5. The molecule has 4 nitrogen and oxygen atoms in total. The predicted molar refractivity (Wildman–Crippen MR) is 148 cm³/mol. The molecule has 39 heavy (non-hydrogen) atoms. The average Bonchev–Trinajstić information content (AvgIpc) is 3.31. The van der Waals surface area contributed by atoms with Crippen LogP contribution in [0.4, 0.5) is 8.78 Å². The zero-order valence-electron chi connectivity index (χ0n) is 21.5. The minimum absolute atomic E-state index is 0.0172. The number of carbonyl (C=O) groups excluding carboxylic acids is 2. The van der Waals surface area contributed by atoms with E-state index >= 15 is 0 Å². The number of nitrogens with two attached hydrogens (primary N) is 1. The van der Waals surface area contributed by atoms with E-state index in [9.17, 15) is 18.4 Å². The number of pyridine rings is 1. The van der Waals surface area contributed by atoms with E-state index in [1.165, 1.54) is 12.1 Å². The number of rotatable bonds is 9. The molecule has 0 spiro atoms. The molecule has 1 heterocycles. The Morgan fingerprint density at radius 3 is 2.51 bits per heavy atom. The third kappa shape index (κ3) is 5.85. The van der Waals surface area contributed by atoms with Crippen LogP contribution in [0.2, 0.25) is 0 Å². The van der Waals surface area contributed by atoms with Gasteiger partial charge in [0.05, 0.1) is 5.69 Å². The molecular weight excluding hydrogens is 494 g/mol. The summed E-state index contributed by atoms with van der Waals surface area (Å²) in [5.74, 6) is -2.33. The number of halogens is 2. The van der Waals surface area contributed by atoms with Gasteiger partial charge in [-0.1, -0.05) is 48.6 Å². The maximum atomic E-state index is 14.1. The molecule has 0 bridgehead atoms. The predicted octanol–water partition coefficient (Wildman–Crippen LogP) is 6.92. The molecule has 6 heteroatoms. The Labute approximate surface area is 226 Å². The first-order valence-electron chi connectivity index (χ1n) is 12.9. The molecule has 0 aliphatic heterocycles. The fourth-order valence-corrected chi connectivity index (χ4v) is 5.55. The van der Waals surface area contributed by atoms with E-state index in [1.54, 1.807) is 30.5 Å². The number of nitrogens with zero attached hydrogens (tertiary/aromatic N) is 1. The Bertz CT molecular complexity index is 1570. The second-order valence-electron chi connectivity index (χ2n) is 10.1. The Morgan fingerprint density at radius 1 is 0.974 bits per heavy atom. The first kappa shape index (κ1) is 26.2. The van der Waals surface area contributed by atoms with Gasteiger partial charge in [0.2, 0.25) is 5.91 Å². The Kier molecular flexibility index (Phi) is 7.46. The molecular formula is C33H28F2N2O2. The second-order valence-corrected chi connectivity index (χ2v) is 10.1. The van der Waals surface area contributed by atoms with Crippen molar-refractivity contribution in [2.24, 2.45) is 5.73 Å². The number of aryl methyl sites for hydroxylation is 1. The quantitative estimate of drug-likeness (QED) is 0.259. The summed E-state index contributed by atoms with van der Waals surface area (Å²) in [6, 6.07) is 20.1. The maximum Gasteiger partial charge on any atom is 0.248 e. The van der Waals surface area contributed by atoms with E-state index in [-0.39, 0.29) is 24.5 Å². The van der Waals surface area contributed by atoms with Gasteiger partial charge in [0.1, 0.15) is 17.4 Å². The van der Waals surface area contributed by atoms with Crippen LogP contribution in [0, 0.1) is 18.6 Å². The average molecular weight is 523 g/mol. The van der Waals surface area contributed by atoms with E-state index in [2.05, 4.69) is 17.1 Å². The minimum Gasteiger partial charge on any atom is -0.366 e. The van der Waals surface area contributed by atoms with Crippen LogP contribution in [0.1, 0.15) is 63.0 Å². The number of hydrogen-bond acceptors (Lipinski definition) is 3. The third-order valence-electron chi connectivity index (χ3n) is 7.25. The summed E-state index contributed by atoms with van der Waals surface area (Å²) in [7, 11) is 0. The monoisotopic (exact) mass is 522 g/mol. The SMILES string of the molecule is Cc1cccc2c1C(CC(=O)C[C@@H](Cc1cc(F)cc(F)c1)c1ncccc1-c1cccc(C(N)=O)c1)C=C2. The molecule has 1 aromatic heterocycles. The summed E-state index contributed by atoms with van der Waals surface area (Å²) in [5.41, 5.74) is 11.8. The first-order chi connectivity index (χ1) is 18.8. The van der Waals surface area contributed by atoms with Crippen molar-refractivity contribution in [2.75, 3.05) is 0 Å². The number of aromatic nitrogens is 1. The lowest BCUT2D eigenvalue weighted by Crippen LogP contribution is -2.15. The number of ketones is 1. The van der Waals surface area contributed by atoms with Gasteiger partial charge in [0.25, 0.3) is 0 Å². The molecule has 2 atom stereocenters. The molecule has 196 valence electrons. The highest BCUT2D eigenvalue weighted by atomic mass is 19.1. The van der Waals surface area contributed by atoms with E-state index in [1.807, 2.05) is 37.3 Å². The molecule has 3 aromatic carbocycles. The summed E-state index contributed by atoms with van der Waals surface area (Å²) >= 11 is 0. The molecule has 0 saturated heterocycles. The molecule has 5 rings (SSSR count). The Morgan fingerprint density at radius 2 is 1.74 bits per heavy atom. The molecule has 1 amide bonds. The summed E-state index contributed by atoms with van der Waals surface area (Å²) in [5, 5.41) is 0. The van der Waals surface area contributed by atoms with Gasteiger partial charge in [0, 0.05) is 48.1 Å². The van der Waals surface area contributed by atoms with Crippen LogP contribution in [0.15, 0.2) is 85.1 Å². The van der Waals surface area contributed by atoms with Crippen molar-refractivity contribution in [1.82, 2.24) is 4.98 Å². The van der Waals surface area contributed by atoms with Crippen molar-refractivity contribution in [3.8, 4) is 11.1 Å². The lowest BCUT2D eigenvalue weighted by molar-refractivity contribution is -0.119. The van der Waals surface area contributed by atoms with Gasteiger partial charge in [-0.2, -0.15) is 0 Å². The molecule has 0 fully saturated rings. The molecule has 1 aliphatic carbocycles. The molecule has 0 radical (unpaired) electrons. The summed E-state index contributed by atoms with van der Waals surface area (Å²) in [6.07, 6.45) is 6.44. The highest BCUT2D eigenvalue weighted by Crippen LogP contribution is 2.37. The number of primary amides is 1. The van der Waals surface area contributed by atoms with Gasteiger partial charge in [-0.3, -0.25) is 14.6 Å². The van der Waals surface area contributed by atoms with Crippen LogP contribution in [-0.2, 0) is 11.2 Å².